The number of hydrogen-bond donors (Lipinski definition) is 1. The molecule has 0 fully saturated rings. The SMILES string of the molecule is CCCNC(C)c1ccc(N(CC)C(C)COC)c(F)c1. The molecule has 0 radical (unpaired) electrons. The van der Waals surface area contributed by atoms with Gasteiger partial charge in [0.05, 0.1) is 12.3 Å². The van der Waals surface area contributed by atoms with Crippen molar-refractivity contribution in [3.8, 4) is 0 Å². The smallest absolute Gasteiger partial charge is 0.146 e. The average Bonchev–Trinajstić information content (AvgIpc) is 2.47. The van der Waals surface area contributed by atoms with Crippen LogP contribution >= 0.6 is 0 Å². The van der Waals surface area contributed by atoms with Gasteiger partial charge < -0.3 is 15.0 Å². The van der Waals surface area contributed by atoms with E-state index in [-0.39, 0.29) is 17.9 Å². The van der Waals surface area contributed by atoms with Crippen molar-refractivity contribution in [2.45, 2.75) is 46.2 Å². The van der Waals surface area contributed by atoms with Crippen molar-refractivity contribution in [2.75, 3.05) is 31.7 Å². The van der Waals surface area contributed by atoms with Crippen LogP contribution in [0.2, 0.25) is 0 Å². The molecule has 120 valence electrons. The highest BCUT2D eigenvalue weighted by molar-refractivity contribution is 5.50. The summed E-state index contributed by atoms with van der Waals surface area (Å²) >= 11 is 0. The minimum absolute atomic E-state index is 0.149. The van der Waals surface area contributed by atoms with Crippen LogP contribution < -0.4 is 10.2 Å². The quantitative estimate of drug-likeness (QED) is 0.751. The van der Waals surface area contributed by atoms with Crippen LogP contribution in [0.3, 0.4) is 0 Å². The Labute approximate surface area is 128 Å². The number of halogens is 1. The third-order valence-electron chi connectivity index (χ3n) is 3.76. The second kappa shape index (κ2) is 9.00. The molecule has 0 heterocycles. The number of likely N-dealkylation sites (N-methyl/N-ethyl adjacent to an activating group) is 1. The first-order chi connectivity index (χ1) is 10.0. The summed E-state index contributed by atoms with van der Waals surface area (Å²) in [5.41, 5.74) is 1.63. The van der Waals surface area contributed by atoms with E-state index >= 15 is 0 Å². The number of ether oxygens (including phenoxy) is 1. The van der Waals surface area contributed by atoms with Crippen LogP contribution in [0.1, 0.15) is 45.7 Å². The van der Waals surface area contributed by atoms with Crippen LogP contribution in [0.5, 0.6) is 0 Å². The Bertz CT molecular complexity index is 425. The van der Waals surface area contributed by atoms with E-state index in [0.29, 0.717) is 12.3 Å². The Morgan fingerprint density at radius 3 is 2.52 bits per heavy atom. The molecule has 2 unspecified atom stereocenters. The number of nitrogens with one attached hydrogen (secondary N) is 1. The Kier molecular flexibility index (Phi) is 7.68. The van der Waals surface area contributed by atoms with Gasteiger partial charge in [-0.05, 0) is 51.4 Å². The lowest BCUT2D eigenvalue weighted by molar-refractivity contribution is 0.181. The molecular weight excluding hydrogens is 267 g/mol. The molecule has 21 heavy (non-hydrogen) atoms. The summed E-state index contributed by atoms with van der Waals surface area (Å²) in [5.74, 6) is -0.164. The highest BCUT2D eigenvalue weighted by atomic mass is 19.1. The third kappa shape index (κ3) is 4.97. The Balaban J connectivity index is 2.90. The first-order valence-electron chi connectivity index (χ1n) is 7.83. The molecule has 3 nitrogen and oxygen atoms in total. The summed E-state index contributed by atoms with van der Waals surface area (Å²) in [7, 11) is 1.67. The van der Waals surface area contributed by atoms with E-state index < -0.39 is 0 Å². The second-order valence-electron chi connectivity index (χ2n) is 5.48. The standard InChI is InChI=1S/C17H29FN2O/c1-6-10-19-14(4)15-8-9-17(16(18)11-15)20(7-2)13(3)12-21-5/h8-9,11,13-14,19H,6-7,10,12H2,1-5H3. The molecule has 1 aromatic carbocycles. The van der Waals surface area contributed by atoms with E-state index in [2.05, 4.69) is 19.2 Å². The third-order valence-corrected chi connectivity index (χ3v) is 3.76. The van der Waals surface area contributed by atoms with Crippen LogP contribution in [-0.4, -0.2) is 32.8 Å². The summed E-state index contributed by atoms with van der Waals surface area (Å²) in [6, 6.07) is 5.85. The fourth-order valence-electron chi connectivity index (χ4n) is 2.55. The van der Waals surface area contributed by atoms with E-state index in [1.54, 1.807) is 13.2 Å². The molecule has 0 aromatic heterocycles. The van der Waals surface area contributed by atoms with Crippen LogP contribution in [0, 0.1) is 5.82 Å². The molecule has 1 N–H and O–H groups in total. The zero-order chi connectivity index (χ0) is 15.8. The number of anilines is 1. The van der Waals surface area contributed by atoms with E-state index in [1.807, 2.05) is 30.9 Å². The Morgan fingerprint density at radius 2 is 2.00 bits per heavy atom. The highest BCUT2D eigenvalue weighted by Crippen LogP contribution is 2.25. The first-order valence-corrected chi connectivity index (χ1v) is 7.83. The zero-order valence-corrected chi connectivity index (χ0v) is 13.9. The summed E-state index contributed by atoms with van der Waals surface area (Å²) in [6.45, 7) is 10.6. The molecule has 1 rings (SSSR count). The Morgan fingerprint density at radius 1 is 1.29 bits per heavy atom. The highest BCUT2D eigenvalue weighted by Gasteiger charge is 2.17. The topological polar surface area (TPSA) is 24.5 Å². The summed E-state index contributed by atoms with van der Waals surface area (Å²) in [6.07, 6.45) is 1.07. The van der Waals surface area contributed by atoms with Gasteiger partial charge in [0, 0.05) is 25.7 Å². The van der Waals surface area contributed by atoms with Crippen molar-refractivity contribution in [3.63, 3.8) is 0 Å². The van der Waals surface area contributed by atoms with Gasteiger partial charge in [0.25, 0.3) is 0 Å². The van der Waals surface area contributed by atoms with E-state index in [4.69, 9.17) is 4.74 Å². The van der Waals surface area contributed by atoms with Crippen molar-refractivity contribution in [1.29, 1.82) is 0 Å². The molecule has 0 bridgehead atoms. The molecule has 0 aliphatic heterocycles. The second-order valence-corrected chi connectivity index (χ2v) is 5.48. The molecule has 0 amide bonds. The van der Waals surface area contributed by atoms with Gasteiger partial charge in [0.15, 0.2) is 0 Å². The van der Waals surface area contributed by atoms with E-state index in [0.717, 1.165) is 25.1 Å². The maximum Gasteiger partial charge on any atom is 0.146 e. The van der Waals surface area contributed by atoms with Gasteiger partial charge in [-0.25, -0.2) is 4.39 Å². The first kappa shape index (κ1) is 17.9. The van der Waals surface area contributed by atoms with Crippen LogP contribution in [0.15, 0.2) is 18.2 Å². The van der Waals surface area contributed by atoms with Crippen molar-refractivity contribution >= 4 is 5.69 Å². The molecular formula is C17H29FN2O. The molecule has 1 aromatic rings. The lowest BCUT2D eigenvalue weighted by Crippen LogP contribution is -2.36. The van der Waals surface area contributed by atoms with Gasteiger partial charge in [-0.1, -0.05) is 13.0 Å². The van der Waals surface area contributed by atoms with Gasteiger partial charge in [-0.15, -0.1) is 0 Å². The number of rotatable bonds is 9. The normalized spacial score (nSPS) is 14.0. The summed E-state index contributed by atoms with van der Waals surface area (Å²) in [4.78, 5) is 2.03. The molecule has 0 spiro atoms. The Hall–Kier alpha value is -1.13. The maximum atomic E-state index is 14.5. The lowest BCUT2D eigenvalue weighted by Gasteiger charge is -2.30. The van der Waals surface area contributed by atoms with Crippen molar-refractivity contribution in [3.05, 3.63) is 29.6 Å². The van der Waals surface area contributed by atoms with Gasteiger partial charge in [-0.3, -0.25) is 0 Å². The van der Waals surface area contributed by atoms with Crippen LogP contribution in [0.4, 0.5) is 10.1 Å². The molecule has 0 aliphatic rings. The fraction of sp³-hybridized carbons (Fsp3) is 0.647. The monoisotopic (exact) mass is 296 g/mol. The van der Waals surface area contributed by atoms with Crippen LogP contribution in [-0.2, 0) is 4.74 Å². The zero-order valence-electron chi connectivity index (χ0n) is 13.9. The number of benzene rings is 1. The summed E-state index contributed by atoms with van der Waals surface area (Å²) < 4.78 is 19.6. The minimum Gasteiger partial charge on any atom is -0.383 e. The van der Waals surface area contributed by atoms with E-state index in [9.17, 15) is 4.39 Å². The predicted molar refractivity (Wildman–Crippen MR) is 87.5 cm³/mol. The van der Waals surface area contributed by atoms with Gasteiger partial charge in [-0.2, -0.15) is 0 Å². The summed E-state index contributed by atoms with van der Waals surface area (Å²) in [5, 5.41) is 3.38. The molecule has 0 saturated carbocycles. The maximum absolute atomic E-state index is 14.5. The van der Waals surface area contributed by atoms with Gasteiger partial charge in [0.1, 0.15) is 5.82 Å². The average molecular weight is 296 g/mol. The van der Waals surface area contributed by atoms with Crippen molar-refractivity contribution < 1.29 is 9.13 Å². The van der Waals surface area contributed by atoms with E-state index in [1.165, 1.54) is 0 Å². The fourth-order valence-corrected chi connectivity index (χ4v) is 2.55. The van der Waals surface area contributed by atoms with Crippen LogP contribution in [0.25, 0.3) is 0 Å². The molecule has 2 atom stereocenters. The molecule has 0 saturated heterocycles. The number of nitrogens with zero attached hydrogens (tertiary/aromatic N) is 1. The molecule has 0 aliphatic carbocycles. The predicted octanol–water partition coefficient (Wildman–Crippen LogP) is 3.75. The lowest BCUT2D eigenvalue weighted by atomic mass is 10.1. The van der Waals surface area contributed by atoms with Gasteiger partial charge >= 0.3 is 0 Å². The van der Waals surface area contributed by atoms with Crippen molar-refractivity contribution in [2.24, 2.45) is 0 Å². The van der Waals surface area contributed by atoms with Crippen molar-refractivity contribution in [1.82, 2.24) is 5.32 Å². The number of methoxy groups -OCH3 is 1. The van der Waals surface area contributed by atoms with Gasteiger partial charge in [0.2, 0.25) is 0 Å². The number of hydrogen-bond acceptors (Lipinski definition) is 3. The largest absolute Gasteiger partial charge is 0.383 e. The minimum atomic E-state index is -0.164. The molecule has 4 heteroatoms.